The van der Waals surface area contributed by atoms with Crippen molar-refractivity contribution in [2.45, 2.75) is 38.9 Å². The maximum absolute atomic E-state index is 8.88. The molecule has 0 saturated carbocycles. The van der Waals surface area contributed by atoms with Crippen LogP contribution in [0.5, 0.6) is 0 Å². The molecule has 0 bridgehead atoms. The van der Waals surface area contributed by atoms with Crippen molar-refractivity contribution in [2.24, 2.45) is 0 Å². The molecule has 2 heterocycles. The summed E-state index contributed by atoms with van der Waals surface area (Å²) in [7, 11) is -0.525. The van der Waals surface area contributed by atoms with Crippen molar-refractivity contribution in [3.63, 3.8) is 0 Å². The van der Waals surface area contributed by atoms with Crippen molar-refractivity contribution in [2.75, 3.05) is 0 Å². The average molecular weight is 265 g/mol. The minimum Gasteiger partial charge on any atom is -0.399 e. The monoisotopic (exact) mass is 264 g/mol. The third-order valence-corrected chi connectivity index (χ3v) is 3.65. The molecule has 0 unspecified atom stereocenters. The smallest absolute Gasteiger partial charge is 0.399 e. The lowest BCUT2D eigenvalue weighted by Crippen LogP contribution is -2.41. The van der Waals surface area contributed by atoms with E-state index in [-0.39, 0.29) is 10.8 Å². The molecule has 0 N–H and O–H groups in total. The van der Waals surface area contributed by atoms with E-state index in [9.17, 15) is 0 Å². The largest absolute Gasteiger partial charge is 0.495 e. The lowest BCUT2D eigenvalue weighted by Gasteiger charge is -2.32. The predicted molar refractivity (Wildman–Crippen MR) is 69.7 cm³/mol. The Kier molecular flexibility index (Phi) is 3.14. The maximum atomic E-state index is 8.88. The lowest BCUT2D eigenvalue weighted by atomic mass is 9.79. The Morgan fingerprint density at radius 2 is 1.78 bits per heavy atom. The van der Waals surface area contributed by atoms with Gasteiger partial charge in [-0.15, -0.1) is 0 Å². The summed E-state index contributed by atoms with van der Waals surface area (Å²) in [6, 6.07) is 5.26. The highest BCUT2D eigenvalue weighted by molar-refractivity contribution is 6.62. The Morgan fingerprint density at radius 3 is 2.28 bits per heavy atom. The molecule has 0 amide bonds. The molecule has 1 fully saturated rings. The molecule has 0 aromatic carbocycles. The summed E-state index contributed by atoms with van der Waals surface area (Å²) in [5, 5.41) is 9.14. The van der Waals surface area contributed by atoms with Crippen LogP contribution in [0.4, 0.5) is 0 Å². The van der Waals surface area contributed by atoms with E-state index < -0.39 is 18.3 Å². The van der Waals surface area contributed by atoms with Gasteiger partial charge in [-0.25, -0.2) is 4.98 Å². The molecule has 0 spiro atoms. The summed E-state index contributed by atoms with van der Waals surface area (Å²) >= 11 is 5.88. The van der Waals surface area contributed by atoms with Crippen LogP contribution < -0.4 is 5.46 Å². The zero-order chi connectivity index (χ0) is 13.6. The zero-order valence-electron chi connectivity index (χ0n) is 10.8. The molecule has 4 nitrogen and oxygen atoms in total. The summed E-state index contributed by atoms with van der Waals surface area (Å²) in [5.74, 6) is 0. The molecular weight excluding hydrogens is 250 g/mol. The van der Waals surface area contributed by atoms with Gasteiger partial charge < -0.3 is 9.31 Å². The number of pyridine rings is 1. The van der Waals surface area contributed by atoms with Crippen LogP contribution in [0.1, 0.15) is 33.4 Å². The van der Waals surface area contributed by atoms with E-state index in [1.54, 1.807) is 12.1 Å². The Hall–Kier alpha value is -1.09. The standard InChI is InChI=1S/C12H14BClN2O2/c1-11(2)12(3,4)18-13(17-11)8-5-9(7-15)16-10(14)6-8/h5-6H,1-4H3. The summed E-state index contributed by atoms with van der Waals surface area (Å²) in [6.45, 7) is 7.89. The molecule has 1 aliphatic rings. The molecule has 1 saturated heterocycles. The van der Waals surface area contributed by atoms with Gasteiger partial charge in [0.1, 0.15) is 16.9 Å². The van der Waals surface area contributed by atoms with Gasteiger partial charge in [-0.1, -0.05) is 11.6 Å². The topological polar surface area (TPSA) is 55.1 Å². The van der Waals surface area contributed by atoms with Gasteiger partial charge in [0.15, 0.2) is 0 Å². The van der Waals surface area contributed by atoms with E-state index in [0.717, 1.165) is 0 Å². The van der Waals surface area contributed by atoms with Crippen LogP contribution in [0, 0.1) is 11.3 Å². The average Bonchev–Trinajstić information content (AvgIpc) is 2.47. The first-order chi connectivity index (χ1) is 8.25. The first-order valence-corrected chi connectivity index (χ1v) is 6.06. The minimum absolute atomic E-state index is 0.257. The second-order valence-electron chi connectivity index (χ2n) is 5.31. The van der Waals surface area contributed by atoms with Gasteiger partial charge in [0.05, 0.1) is 11.2 Å². The van der Waals surface area contributed by atoms with Gasteiger partial charge in [-0.2, -0.15) is 5.26 Å². The van der Waals surface area contributed by atoms with Crippen molar-refractivity contribution in [1.82, 2.24) is 4.98 Å². The van der Waals surface area contributed by atoms with Gasteiger partial charge in [0.2, 0.25) is 0 Å². The summed E-state index contributed by atoms with van der Waals surface area (Å²) < 4.78 is 11.8. The molecule has 6 heteroatoms. The second kappa shape index (κ2) is 4.23. The van der Waals surface area contributed by atoms with E-state index in [0.29, 0.717) is 5.46 Å². The van der Waals surface area contributed by atoms with E-state index in [1.807, 2.05) is 33.8 Å². The van der Waals surface area contributed by atoms with Crippen LogP contribution in [0.3, 0.4) is 0 Å². The highest BCUT2D eigenvalue weighted by Gasteiger charge is 2.51. The molecule has 2 rings (SSSR count). The van der Waals surface area contributed by atoms with Gasteiger partial charge in [0.25, 0.3) is 0 Å². The normalized spacial score (nSPS) is 20.8. The highest BCUT2D eigenvalue weighted by atomic mass is 35.5. The molecule has 1 aliphatic heterocycles. The molecule has 0 radical (unpaired) electrons. The Balaban J connectivity index is 2.36. The fraction of sp³-hybridized carbons (Fsp3) is 0.500. The molecule has 0 aliphatic carbocycles. The SMILES string of the molecule is CC1(C)OB(c2cc(Cl)nc(C#N)c2)OC1(C)C. The fourth-order valence-corrected chi connectivity index (χ4v) is 1.91. The van der Waals surface area contributed by atoms with Gasteiger partial charge in [0, 0.05) is 0 Å². The summed E-state index contributed by atoms with van der Waals surface area (Å²) in [4.78, 5) is 3.89. The number of rotatable bonds is 1. The van der Waals surface area contributed by atoms with E-state index in [4.69, 9.17) is 26.2 Å². The third kappa shape index (κ3) is 2.24. The Labute approximate surface area is 112 Å². The van der Waals surface area contributed by atoms with E-state index in [2.05, 4.69) is 4.98 Å². The van der Waals surface area contributed by atoms with Crippen LogP contribution in [-0.2, 0) is 9.31 Å². The third-order valence-electron chi connectivity index (χ3n) is 3.46. The summed E-state index contributed by atoms with van der Waals surface area (Å²) in [6.07, 6.45) is 0. The number of aromatic nitrogens is 1. The van der Waals surface area contributed by atoms with Crippen molar-refractivity contribution < 1.29 is 9.31 Å². The van der Waals surface area contributed by atoms with Gasteiger partial charge in [-0.05, 0) is 45.3 Å². The minimum atomic E-state index is -0.525. The molecule has 1 aromatic heterocycles. The van der Waals surface area contributed by atoms with Crippen molar-refractivity contribution in [1.29, 1.82) is 5.26 Å². The van der Waals surface area contributed by atoms with Gasteiger partial charge in [-0.3, -0.25) is 0 Å². The number of hydrogen-bond donors (Lipinski definition) is 0. The van der Waals surface area contributed by atoms with Crippen LogP contribution in [0.15, 0.2) is 12.1 Å². The number of hydrogen-bond acceptors (Lipinski definition) is 4. The maximum Gasteiger partial charge on any atom is 0.495 e. The molecule has 1 aromatic rings. The number of halogens is 1. The van der Waals surface area contributed by atoms with E-state index in [1.165, 1.54) is 0 Å². The van der Waals surface area contributed by atoms with Crippen molar-refractivity contribution in [3.05, 3.63) is 23.0 Å². The summed E-state index contributed by atoms with van der Waals surface area (Å²) in [5.41, 5.74) is 0.137. The molecule has 18 heavy (non-hydrogen) atoms. The predicted octanol–water partition coefficient (Wildman–Crippen LogP) is 1.91. The van der Waals surface area contributed by atoms with Crippen LogP contribution in [-0.4, -0.2) is 23.3 Å². The van der Waals surface area contributed by atoms with Gasteiger partial charge >= 0.3 is 7.12 Å². The zero-order valence-corrected chi connectivity index (χ0v) is 11.6. The van der Waals surface area contributed by atoms with E-state index >= 15 is 0 Å². The highest BCUT2D eigenvalue weighted by Crippen LogP contribution is 2.36. The molecular formula is C12H14BClN2O2. The molecule has 0 atom stereocenters. The van der Waals surface area contributed by atoms with Crippen LogP contribution in [0.2, 0.25) is 5.15 Å². The molecule has 94 valence electrons. The van der Waals surface area contributed by atoms with Crippen molar-refractivity contribution >= 4 is 24.2 Å². The number of nitriles is 1. The first-order valence-electron chi connectivity index (χ1n) is 5.68. The van der Waals surface area contributed by atoms with Crippen LogP contribution >= 0.6 is 11.6 Å². The lowest BCUT2D eigenvalue weighted by molar-refractivity contribution is 0.00578. The Bertz CT molecular complexity index is 509. The first kappa shape index (κ1) is 13.3. The fourth-order valence-electron chi connectivity index (χ4n) is 1.69. The van der Waals surface area contributed by atoms with Crippen LogP contribution in [0.25, 0.3) is 0 Å². The number of nitrogens with zero attached hydrogens (tertiary/aromatic N) is 2. The second-order valence-corrected chi connectivity index (χ2v) is 5.70. The van der Waals surface area contributed by atoms with Crippen molar-refractivity contribution in [3.8, 4) is 6.07 Å². The quantitative estimate of drug-likeness (QED) is 0.574. The Morgan fingerprint density at radius 1 is 1.22 bits per heavy atom.